The molecule has 0 aliphatic heterocycles. The number of aromatic nitrogens is 5. The second kappa shape index (κ2) is 7.26. The maximum absolute atomic E-state index is 13.1. The lowest BCUT2D eigenvalue weighted by molar-refractivity contribution is -0.134. The molecule has 0 radical (unpaired) electrons. The first-order valence-corrected chi connectivity index (χ1v) is 9.19. The standard InChI is InChI=1S/C21H22N6O/c1-15(17-8-10-18(11-9-17)27-13-22-12-24-27)25(3)21(28)16(2)26-14-23-19-6-4-5-7-20(19)26/h4-16H,1-3H3/t15-,16+/m1/s1. The van der Waals surface area contributed by atoms with Gasteiger partial charge >= 0.3 is 0 Å². The molecule has 142 valence electrons. The quantitative estimate of drug-likeness (QED) is 0.537. The van der Waals surface area contributed by atoms with Crippen LogP contribution in [0.3, 0.4) is 0 Å². The van der Waals surface area contributed by atoms with Crippen LogP contribution in [0.2, 0.25) is 0 Å². The molecular formula is C21H22N6O. The minimum Gasteiger partial charge on any atom is -0.337 e. The van der Waals surface area contributed by atoms with E-state index >= 15 is 0 Å². The summed E-state index contributed by atoms with van der Waals surface area (Å²) in [5, 5.41) is 4.13. The van der Waals surface area contributed by atoms with Gasteiger partial charge in [-0.3, -0.25) is 4.79 Å². The Labute approximate surface area is 163 Å². The number of carbonyl (C=O) groups is 1. The van der Waals surface area contributed by atoms with E-state index in [1.54, 1.807) is 22.2 Å². The Morgan fingerprint density at radius 3 is 2.50 bits per heavy atom. The van der Waals surface area contributed by atoms with Crippen molar-refractivity contribution in [1.29, 1.82) is 0 Å². The van der Waals surface area contributed by atoms with Gasteiger partial charge in [-0.2, -0.15) is 5.10 Å². The van der Waals surface area contributed by atoms with E-state index in [0.717, 1.165) is 22.3 Å². The van der Waals surface area contributed by atoms with Crippen molar-refractivity contribution >= 4 is 16.9 Å². The average Bonchev–Trinajstić information content (AvgIpc) is 3.42. The Bertz CT molecular complexity index is 1080. The highest BCUT2D eigenvalue weighted by Gasteiger charge is 2.24. The van der Waals surface area contributed by atoms with E-state index in [4.69, 9.17) is 0 Å². The molecule has 4 rings (SSSR count). The number of imidazole rings is 1. The molecule has 0 unspecified atom stereocenters. The smallest absolute Gasteiger partial charge is 0.245 e. The fourth-order valence-corrected chi connectivity index (χ4v) is 3.36. The van der Waals surface area contributed by atoms with Crippen LogP contribution in [0, 0.1) is 0 Å². The summed E-state index contributed by atoms with van der Waals surface area (Å²) in [6, 6.07) is 15.4. The van der Waals surface area contributed by atoms with Crippen LogP contribution in [0.1, 0.15) is 31.5 Å². The third-order valence-electron chi connectivity index (χ3n) is 5.24. The van der Waals surface area contributed by atoms with Gasteiger partial charge in [-0.1, -0.05) is 24.3 Å². The number of para-hydroxylation sites is 2. The first kappa shape index (κ1) is 17.9. The first-order chi connectivity index (χ1) is 13.6. The molecule has 0 spiro atoms. The Hall–Kier alpha value is -3.48. The molecule has 7 nitrogen and oxygen atoms in total. The van der Waals surface area contributed by atoms with Crippen LogP contribution < -0.4 is 0 Å². The van der Waals surface area contributed by atoms with Crippen molar-refractivity contribution < 1.29 is 4.79 Å². The molecule has 2 aromatic carbocycles. The summed E-state index contributed by atoms with van der Waals surface area (Å²) in [4.78, 5) is 23.3. The van der Waals surface area contributed by atoms with Gasteiger partial charge in [0.1, 0.15) is 18.7 Å². The van der Waals surface area contributed by atoms with Crippen LogP contribution in [-0.4, -0.2) is 42.2 Å². The van der Waals surface area contributed by atoms with Crippen molar-refractivity contribution in [3.05, 3.63) is 73.1 Å². The zero-order chi connectivity index (χ0) is 19.7. The molecule has 2 aromatic heterocycles. The number of likely N-dealkylation sites (N-methyl/N-ethyl adjacent to an activating group) is 1. The predicted octanol–water partition coefficient (Wildman–Crippen LogP) is 3.40. The second-order valence-electron chi connectivity index (χ2n) is 6.87. The SMILES string of the molecule is C[C@H](c1ccc(-n2cncn2)cc1)N(C)C(=O)[C@H](C)n1cnc2ccccc21. The fraction of sp³-hybridized carbons (Fsp3) is 0.238. The third-order valence-corrected chi connectivity index (χ3v) is 5.24. The van der Waals surface area contributed by atoms with Gasteiger partial charge in [-0.25, -0.2) is 14.6 Å². The van der Waals surface area contributed by atoms with Crippen LogP contribution in [-0.2, 0) is 4.79 Å². The van der Waals surface area contributed by atoms with Gasteiger partial charge in [0.2, 0.25) is 5.91 Å². The van der Waals surface area contributed by atoms with E-state index in [9.17, 15) is 4.79 Å². The second-order valence-corrected chi connectivity index (χ2v) is 6.87. The molecule has 0 saturated carbocycles. The lowest BCUT2D eigenvalue weighted by Crippen LogP contribution is -2.35. The average molecular weight is 374 g/mol. The van der Waals surface area contributed by atoms with Gasteiger partial charge in [0.15, 0.2) is 0 Å². The Morgan fingerprint density at radius 2 is 1.79 bits per heavy atom. The lowest BCUT2D eigenvalue weighted by Gasteiger charge is -2.28. The summed E-state index contributed by atoms with van der Waals surface area (Å²) >= 11 is 0. The van der Waals surface area contributed by atoms with E-state index in [0.29, 0.717) is 0 Å². The Morgan fingerprint density at radius 1 is 1.04 bits per heavy atom. The van der Waals surface area contributed by atoms with Gasteiger partial charge in [0.05, 0.1) is 29.1 Å². The highest BCUT2D eigenvalue weighted by atomic mass is 16.2. The molecule has 0 saturated heterocycles. The van der Waals surface area contributed by atoms with Gasteiger partial charge in [0.25, 0.3) is 0 Å². The number of hydrogen-bond acceptors (Lipinski definition) is 4. The number of hydrogen-bond donors (Lipinski definition) is 0. The van der Waals surface area contributed by atoms with Gasteiger partial charge in [-0.15, -0.1) is 0 Å². The summed E-state index contributed by atoms with van der Waals surface area (Å²) in [5.41, 5.74) is 3.84. The van der Waals surface area contributed by atoms with Crippen molar-refractivity contribution in [1.82, 2.24) is 29.2 Å². The Kier molecular flexibility index (Phi) is 4.65. The van der Waals surface area contributed by atoms with Gasteiger partial charge in [0, 0.05) is 7.05 Å². The number of carbonyl (C=O) groups excluding carboxylic acids is 1. The minimum absolute atomic E-state index is 0.0380. The normalized spacial score (nSPS) is 13.4. The Balaban J connectivity index is 1.52. The zero-order valence-corrected chi connectivity index (χ0v) is 16.1. The highest BCUT2D eigenvalue weighted by Crippen LogP contribution is 2.25. The molecule has 28 heavy (non-hydrogen) atoms. The van der Waals surface area contributed by atoms with Crippen LogP contribution in [0.25, 0.3) is 16.7 Å². The summed E-state index contributed by atoms with van der Waals surface area (Å²) in [5.74, 6) is 0.0380. The van der Waals surface area contributed by atoms with Crippen LogP contribution >= 0.6 is 0 Å². The molecule has 0 aliphatic carbocycles. The number of amides is 1. The molecule has 0 aliphatic rings. The molecule has 0 N–H and O–H groups in total. The summed E-state index contributed by atoms with van der Waals surface area (Å²) in [7, 11) is 1.84. The lowest BCUT2D eigenvalue weighted by atomic mass is 10.1. The molecule has 2 atom stereocenters. The van der Waals surface area contributed by atoms with E-state index in [-0.39, 0.29) is 18.0 Å². The monoisotopic (exact) mass is 374 g/mol. The number of fused-ring (bicyclic) bond motifs is 1. The van der Waals surface area contributed by atoms with E-state index in [1.807, 2.05) is 74.0 Å². The molecule has 0 fully saturated rings. The summed E-state index contributed by atoms with van der Waals surface area (Å²) in [6.45, 7) is 3.94. The maximum atomic E-state index is 13.1. The zero-order valence-electron chi connectivity index (χ0n) is 16.1. The van der Waals surface area contributed by atoms with Crippen LogP contribution in [0.15, 0.2) is 67.5 Å². The van der Waals surface area contributed by atoms with Crippen LogP contribution in [0.4, 0.5) is 0 Å². The largest absolute Gasteiger partial charge is 0.337 e. The van der Waals surface area contributed by atoms with E-state index in [1.165, 1.54) is 6.33 Å². The third kappa shape index (κ3) is 3.15. The van der Waals surface area contributed by atoms with E-state index in [2.05, 4.69) is 15.1 Å². The van der Waals surface area contributed by atoms with Crippen molar-refractivity contribution in [2.75, 3.05) is 7.05 Å². The topological polar surface area (TPSA) is 68.8 Å². The van der Waals surface area contributed by atoms with Crippen molar-refractivity contribution in [3.8, 4) is 5.69 Å². The highest BCUT2D eigenvalue weighted by molar-refractivity contribution is 5.83. The summed E-state index contributed by atoms with van der Waals surface area (Å²) < 4.78 is 3.63. The van der Waals surface area contributed by atoms with E-state index < -0.39 is 0 Å². The van der Waals surface area contributed by atoms with Gasteiger partial charge < -0.3 is 9.47 Å². The molecule has 1 amide bonds. The fourth-order valence-electron chi connectivity index (χ4n) is 3.36. The van der Waals surface area contributed by atoms with Crippen LogP contribution in [0.5, 0.6) is 0 Å². The number of benzene rings is 2. The van der Waals surface area contributed by atoms with Crippen molar-refractivity contribution in [3.63, 3.8) is 0 Å². The molecular weight excluding hydrogens is 352 g/mol. The maximum Gasteiger partial charge on any atom is 0.245 e. The minimum atomic E-state index is -0.339. The molecule has 0 bridgehead atoms. The number of nitrogens with zero attached hydrogens (tertiary/aromatic N) is 6. The first-order valence-electron chi connectivity index (χ1n) is 9.19. The molecule has 7 heteroatoms. The summed E-state index contributed by atoms with van der Waals surface area (Å²) in [6.07, 6.45) is 4.90. The number of rotatable bonds is 5. The molecule has 2 heterocycles. The van der Waals surface area contributed by atoms with Crippen molar-refractivity contribution in [2.45, 2.75) is 25.9 Å². The van der Waals surface area contributed by atoms with Crippen molar-refractivity contribution in [2.24, 2.45) is 0 Å². The van der Waals surface area contributed by atoms with Gasteiger partial charge in [-0.05, 0) is 43.7 Å². The predicted molar refractivity (Wildman–Crippen MR) is 107 cm³/mol. The molecule has 4 aromatic rings.